The highest BCUT2D eigenvalue weighted by molar-refractivity contribution is 7.97. The Balaban J connectivity index is 1.29. The van der Waals surface area contributed by atoms with Crippen molar-refractivity contribution >= 4 is 46.0 Å². The summed E-state index contributed by atoms with van der Waals surface area (Å²) < 4.78 is 10.6. The van der Waals surface area contributed by atoms with Gasteiger partial charge in [-0.3, -0.25) is 19.3 Å². The number of carbonyl (C=O) groups is 3. The van der Waals surface area contributed by atoms with Crippen LogP contribution in [0, 0.1) is 0 Å². The van der Waals surface area contributed by atoms with Crippen LogP contribution in [-0.4, -0.2) is 48.4 Å². The SMILES string of the molecule is COc1cc(CSCc2csc(NC(=O)CN3C(=O)c4ccccc4C3=O)n2)cc(OC)c1. The molecule has 1 aliphatic heterocycles. The van der Waals surface area contributed by atoms with Gasteiger partial charge in [-0.1, -0.05) is 12.1 Å². The van der Waals surface area contributed by atoms with Gasteiger partial charge in [0.05, 0.1) is 31.0 Å². The first-order chi connectivity index (χ1) is 16.0. The van der Waals surface area contributed by atoms with Crippen LogP contribution >= 0.6 is 23.1 Å². The van der Waals surface area contributed by atoms with E-state index in [2.05, 4.69) is 10.3 Å². The Morgan fingerprint density at radius 3 is 2.27 bits per heavy atom. The number of ether oxygens (including phenoxy) is 2. The zero-order valence-electron chi connectivity index (χ0n) is 18.0. The molecule has 33 heavy (non-hydrogen) atoms. The summed E-state index contributed by atoms with van der Waals surface area (Å²) in [7, 11) is 3.23. The van der Waals surface area contributed by atoms with Gasteiger partial charge in [0.15, 0.2) is 5.13 Å². The van der Waals surface area contributed by atoms with E-state index >= 15 is 0 Å². The summed E-state index contributed by atoms with van der Waals surface area (Å²) in [6.07, 6.45) is 0. The predicted octanol–water partition coefficient (Wildman–Crippen LogP) is 3.83. The summed E-state index contributed by atoms with van der Waals surface area (Å²) in [5, 5.41) is 4.97. The van der Waals surface area contributed by atoms with Crippen LogP contribution in [0.3, 0.4) is 0 Å². The van der Waals surface area contributed by atoms with Gasteiger partial charge in [-0.05, 0) is 29.8 Å². The number of thioether (sulfide) groups is 1. The van der Waals surface area contributed by atoms with Crippen LogP contribution in [0.15, 0.2) is 47.8 Å². The molecular formula is C23H21N3O5S2. The van der Waals surface area contributed by atoms with Crippen LogP contribution in [0.2, 0.25) is 0 Å². The third kappa shape index (κ3) is 5.18. The minimum absolute atomic E-state index is 0.317. The fraction of sp³-hybridized carbons (Fsp3) is 0.217. The van der Waals surface area contributed by atoms with Crippen molar-refractivity contribution in [1.82, 2.24) is 9.88 Å². The molecule has 0 atom stereocenters. The second-order valence-corrected chi connectivity index (χ2v) is 8.99. The highest BCUT2D eigenvalue weighted by Crippen LogP contribution is 2.27. The molecule has 3 amide bonds. The van der Waals surface area contributed by atoms with Crippen LogP contribution < -0.4 is 14.8 Å². The number of benzene rings is 2. The largest absolute Gasteiger partial charge is 0.497 e. The van der Waals surface area contributed by atoms with Gasteiger partial charge >= 0.3 is 0 Å². The molecule has 4 rings (SSSR count). The van der Waals surface area contributed by atoms with E-state index in [4.69, 9.17) is 9.47 Å². The maximum atomic E-state index is 12.4. The summed E-state index contributed by atoms with van der Waals surface area (Å²) in [4.78, 5) is 42.6. The van der Waals surface area contributed by atoms with Crippen molar-refractivity contribution < 1.29 is 23.9 Å². The summed E-state index contributed by atoms with van der Waals surface area (Å²) in [5.74, 6) is 1.48. The molecular weight excluding hydrogens is 462 g/mol. The Labute approximate surface area is 198 Å². The normalized spacial score (nSPS) is 12.6. The number of amides is 3. The fourth-order valence-corrected chi connectivity index (χ4v) is 5.03. The zero-order chi connectivity index (χ0) is 23.4. The second-order valence-electron chi connectivity index (χ2n) is 7.15. The first kappa shape index (κ1) is 22.8. The van der Waals surface area contributed by atoms with Gasteiger partial charge in [-0.25, -0.2) is 4.98 Å². The molecule has 8 nitrogen and oxygen atoms in total. The summed E-state index contributed by atoms with van der Waals surface area (Å²) in [6, 6.07) is 12.3. The molecule has 0 spiro atoms. The highest BCUT2D eigenvalue weighted by atomic mass is 32.2. The van der Waals surface area contributed by atoms with Crippen molar-refractivity contribution in [2.24, 2.45) is 0 Å². The quantitative estimate of drug-likeness (QED) is 0.462. The molecule has 10 heteroatoms. The van der Waals surface area contributed by atoms with Gasteiger partial charge in [0, 0.05) is 23.0 Å². The highest BCUT2D eigenvalue weighted by Gasteiger charge is 2.36. The Morgan fingerprint density at radius 1 is 1.03 bits per heavy atom. The molecule has 3 aromatic rings. The van der Waals surface area contributed by atoms with Crippen LogP contribution in [0.5, 0.6) is 11.5 Å². The number of rotatable bonds is 9. The maximum absolute atomic E-state index is 12.4. The summed E-state index contributed by atoms with van der Waals surface area (Å²) >= 11 is 2.97. The molecule has 0 saturated heterocycles. The van der Waals surface area contributed by atoms with Crippen molar-refractivity contribution in [3.8, 4) is 11.5 Å². The minimum Gasteiger partial charge on any atom is -0.497 e. The van der Waals surface area contributed by atoms with Gasteiger partial charge in [-0.15, -0.1) is 11.3 Å². The third-order valence-corrected chi connectivity index (χ3v) is 6.75. The molecule has 0 saturated carbocycles. The number of anilines is 1. The topological polar surface area (TPSA) is 97.8 Å². The van der Waals surface area contributed by atoms with E-state index in [1.54, 1.807) is 50.2 Å². The molecule has 170 valence electrons. The van der Waals surface area contributed by atoms with E-state index < -0.39 is 17.7 Å². The number of thiazole rings is 1. The van der Waals surface area contributed by atoms with Crippen molar-refractivity contribution in [1.29, 1.82) is 0 Å². The number of imide groups is 1. The molecule has 1 N–H and O–H groups in total. The molecule has 0 unspecified atom stereocenters. The van der Waals surface area contributed by atoms with E-state index in [9.17, 15) is 14.4 Å². The van der Waals surface area contributed by atoms with Crippen LogP contribution in [0.1, 0.15) is 32.0 Å². The Kier molecular flexibility index (Phi) is 6.95. The zero-order valence-corrected chi connectivity index (χ0v) is 19.6. The molecule has 0 bridgehead atoms. The molecule has 1 aromatic heterocycles. The lowest BCUT2D eigenvalue weighted by Crippen LogP contribution is -2.37. The van der Waals surface area contributed by atoms with Crippen molar-refractivity contribution in [3.63, 3.8) is 0 Å². The first-order valence-corrected chi connectivity index (χ1v) is 12.0. The van der Waals surface area contributed by atoms with Crippen molar-refractivity contribution in [2.45, 2.75) is 11.5 Å². The van der Waals surface area contributed by atoms with E-state index in [1.807, 2.05) is 23.6 Å². The van der Waals surface area contributed by atoms with Gasteiger partial charge in [0.2, 0.25) is 5.91 Å². The number of hydrogen-bond acceptors (Lipinski definition) is 8. The fourth-order valence-electron chi connectivity index (χ4n) is 3.34. The van der Waals surface area contributed by atoms with E-state index in [0.717, 1.165) is 33.4 Å². The number of hydrogen-bond donors (Lipinski definition) is 1. The number of methoxy groups -OCH3 is 2. The van der Waals surface area contributed by atoms with Gasteiger partial charge in [0.25, 0.3) is 11.8 Å². The maximum Gasteiger partial charge on any atom is 0.262 e. The molecule has 0 radical (unpaired) electrons. The second kappa shape index (κ2) is 10.1. The van der Waals surface area contributed by atoms with E-state index in [-0.39, 0.29) is 6.54 Å². The molecule has 0 fully saturated rings. The number of aromatic nitrogens is 1. The predicted molar refractivity (Wildman–Crippen MR) is 127 cm³/mol. The van der Waals surface area contributed by atoms with E-state index in [0.29, 0.717) is 22.0 Å². The molecule has 1 aliphatic rings. The van der Waals surface area contributed by atoms with Crippen molar-refractivity contribution in [3.05, 3.63) is 70.2 Å². The van der Waals surface area contributed by atoms with Crippen molar-refractivity contribution in [2.75, 3.05) is 26.1 Å². The molecule has 2 heterocycles. The molecule has 0 aliphatic carbocycles. The lowest BCUT2D eigenvalue weighted by molar-refractivity contribution is -0.116. The van der Waals surface area contributed by atoms with E-state index in [1.165, 1.54) is 11.3 Å². The van der Waals surface area contributed by atoms with Crippen LogP contribution in [-0.2, 0) is 16.3 Å². The van der Waals surface area contributed by atoms with Crippen LogP contribution in [0.4, 0.5) is 5.13 Å². The number of nitrogens with one attached hydrogen (secondary N) is 1. The average molecular weight is 484 g/mol. The van der Waals surface area contributed by atoms with Crippen LogP contribution in [0.25, 0.3) is 0 Å². The monoisotopic (exact) mass is 483 g/mol. The Bertz CT molecular complexity index is 1150. The minimum atomic E-state index is -0.471. The number of carbonyl (C=O) groups excluding carboxylic acids is 3. The lowest BCUT2D eigenvalue weighted by atomic mass is 10.1. The summed E-state index contributed by atoms with van der Waals surface area (Å²) in [6.45, 7) is -0.353. The third-order valence-electron chi connectivity index (χ3n) is 4.91. The Hall–Kier alpha value is -3.37. The molecule has 2 aromatic carbocycles. The van der Waals surface area contributed by atoms with Gasteiger partial charge < -0.3 is 14.8 Å². The Morgan fingerprint density at radius 2 is 1.67 bits per heavy atom. The standard InChI is InChI=1S/C23H21N3O5S2/c1-30-16-7-14(8-17(9-16)31-2)11-32-12-15-13-33-23(24-15)25-20(27)10-26-21(28)18-5-3-4-6-19(18)22(26)29/h3-9,13H,10-12H2,1-2H3,(H,24,25,27). The van der Waals surface area contributed by atoms with Gasteiger partial charge in [0.1, 0.15) is 18.0 Å². The number of nitrogens with zero attached hydrogens (tertiary/aromatic N) is 2. The lowest BCUT2D eigenvalue weighted by Gasteiger charge is -2.12. The summed E-state index contributed by atoms with van der Waals surface area (Å²) in [5.41, 5.74) is 2.53. The van der Waals surface area contributed by atoms with Gasteiger partial charge in [-0.2, -0.15) is 11.8 Å². The number of fused-ring (bicyclic) bond motifs is 1. The first-order valence-electron chi connectivity index (χ1n) is 9.97. The smallest absolute Gasteiger partial charge is 0.262 e. The average Bonchev–Trinajstić information content (AvgIpc) is 3.36.